The third-order valence-corrected chi connectivity index (χ3v) is 5.55. The van der Waals surface area contributed by atoms with Crippen LogP contribution in [0.3, 0.4) is 0 Å². The zero-order valence-corrected chi connectivity index (χ0v) is 16.7. The van der Waals surface area contributed by atoms with Crippen LogP contribution in [-0.4, -0.2) is 63.6 Å². The smallest absolute Gasteiger partial charge is 0.180 e. The maximum absolute atomic E-state index is 6.07. The van der Waals surface area contributed by atoms with Gasteiger partial charge in [0.2, 0.25) is 0 Å². The number of nitrogens with zero attached hydrogens (tertiary/aromatic N) is 5. The van der Waals surface area contributed by atoms with E-state index in [0.29, 0.717) is 23.1 Å². The predicted molar refractivity (Wildman–Crippen MR) is 116 cm³/mol. The van der Waals surface area contributed by atoms with Crippen molar-refractivity contribution in [1.82, 2.24) is 29.5 Å². The highest BCUT2D eigenvalue weighted by molar-refractivity contribution is 6.30. The number of benzene rings is 1. The summed E-state index contributed by atoms with van der Waals surface area (Å²) in [6.45, 7) is 5.76. The lowest BCUT2D eigenvalue weighted by Crippen LogP contribution is -2.37. The molecule has 1 saturated heterocycles. The first kappa shape index (κ1) is 18.8. The summed E-state index contributed by atoms with van der Waals surface area (Å²) < 4.78 is 7.38. The second kappa shape index (κ2) is 7.93. The first-order valence-corrected chi connectivity index (χ1v) is 10.0. The van der Waals surface area contributed by atoms with Gasteiger partial charge in [0.15, 0.2) is 11.5 Å². The molecule has 8 nitrogen and oxygen atoms in total. The van der Waals surface area contributed by atoms with Crippen molar-refractivity contribution < 1.29 is 4.74 Å². The van der Waals surface area contributed by atoms with Crippen molar-refractivity contribution >= 4 is 30.6 Å². The van der Waals surface area contributed by atoms with Crippen LogP contribution in [0.1, 0.15) is 18.5 Å². The number of fused-ring (bicyclic) bond motifs is 1. The molecule has 4 heterocycles. The van der Waals surface area contributed by atoms with Gasteiger partial charge in [0.1, 0.15) is 7.85 Å². The highest BCUT2D eigenvalue weighted by atomic mass is 16.5. The number of ether oxygens (including phenoxy) is 1. The van der Waals surface area contributed by atoms with E-state index in [0.717, 1.165) is 43.2 Å². The second-order valence-corrected chi connectivity index (χ2v) is 7.41. The van der Waals surface area contributed by atoms with Gasteiger partial charge in [-0.2, -0.15) is 5.10 Å². The minimum atomic E-state index is 0.352. The van der Waals surface area contributed by atoms with Crippen LogP contribution in [0.15, 0.2) is 49.1 Å². The molecule has 2 radical (unpaired) electrons. The molecule has 0 bridgehead atoms. The molecule has 1 unspecified atom stereocenters. The molecule has 1 aromatic carbocycles. The van der Waals surface area contributed by atoms with Crippen LogP contribution in [0.2, 0.25) is 0 Å². The van der Waals surface area contributed by atoms with Gasteiger partial charge < -0.3 is 10.1 Å². The van der Waals surface area contributed by atoms with Crippen molar-refractivity contribution in [3.8, 4) is 11.3 Å². The number of aromatic amines is 1. The molecule has 5 rings (SSSR count). The molecule has 9 heteroatoms. The largest absolute Gasteiger partial charge is 0.379 e. The van der Waals surface area contributed by atoms with E-state index in [1.165, 1.54) is 5.56 Å². The summed E-state index contributed by atoms with van der Waals surface area (Å²) in [7, 11) is 6.07. The Kier molecular flexibility index (Phi) is 4.98. The van der Waals surface area contributed by atoms with Crippen LogP contribution in [-0.2, 0) is 4.74 Å². The van der Waals surface area contributed by atoms with Gasteiger partial charge in [-0.15, -0.1) is 0 Å². The number of aromatic nitrogens is 5. The van der Waals surface area contributed by atoms with Crippen molar-refractivity contribution in [2.45, 2.75) is 13.0 Å². The number of hydrogen-bond acceptors (Lipinski definition) is 6. The molecule has 3 aromatic heterocycles. The van der Waals surface area contributed by atoms with E-state index >= 15 is 0 Å². The number of morpholine rings is 1. The minimum Gasteiger partial charge on any atom is -0.379 e. The maximum atomic E-state index is 6.07. The Balaban J connectivity index is 1.40. The lowest BCUT2D eigenvalue weighted by atomic mass is 10.1. The Bertz CT molecular complexity index is 1130. The van der Waals surface area contributed by atoms with Crippen LogP contribution in [0, 0.1) is 0 Å². The van der Waals surface area contributed by atoms with Gasteiger partial charge in [-0.25, -0.2) is 9.97 Å². The number of hydrogen-bond donors (Lipinski definition) is 2. The zero-order chi connectivity index (χ0) is 20.5. The number of rotatable bonds is 5. The standard InChI is InChI=1S/C21H22BN7O/c1-14(28-6-8-30-9-7-28)15-2-4-17(5-3-15)26-20-21-23-12-18(16-10-24-25-11-16)29(21)13-19(22)27-20/h2-5,10-14H,6-9H2,1H3,(H,24,25)(H,26,27). The molecule has 0 aliphatic carbocycles. The molecule has 0 amide bonds. The van der Waals surface area contributed by atoms with E-state index < -0.39 is 0 Å². The van der Waals surface area contributed by atoms with E-state index in [4.69, 9.17) is 12.6 Å². The van der Waals surface area contributed by atoms with Crippen LogP contribution in [0.4, 0.5) is 11.5 Å². The van der Waals surface area contributed by atoms with Gasteiger partial charge in [-0.1, -0.05) is 12.1 Å². The van der Waals surface area contributed by atoms with E-state index in [-0.39, 0.29) is 0 Å². The van der Waals surface area contributed by atoms with Crippen molar-refractivity contribution in [2.24, 2.45) is 0 Å². The summed E-state index contributed by atoms with van der Waals surface area (Å²) >= 11 is 0. The zero-order valence-electron chi connectivity index (χ0n) is 16.7. The SMILES string of the molecule is [B]c1cn2c(-c3cn[nH]c3)cnc2c(Nc2ccc(C(C)N3CCOCC3)cc2)n1. The minimum absolute atomic E-state index is 0.352. The van der Waals surface area contributed by atoms with E-state index in [1.807, 2.05) is 10.6 Å². The van der Waals surface area contributed by atoms with Gasteiger partial charge >= 0.3 is 0 Å². The molecule has 150 valence electrons. The molecule has 1 fully saturated rings. The molecule has 4 aromatic rings. The number of nitrogens with one attached hydrogen (secondary N) is 2. The summed E-state index contributed by atoms with van der Waals surface area (Å²) in [4.78, 5) is 11.4. The number of H-pyrrole nitrogens is 1. The predicted octanol–water partition coefficient (Wildman–Crippen LogP) is 2.05. The Morgan fingerprint density at radius 3 is 2.70 bits per heavy atom. The van der Waals surface area contributed by atoms with Crippen LogP contribution < -0.4 is 10.9 Å². The van der Waals surface area contributed by atoms with Crippen molar-refractivity contribution in [3.05, 3.63) is 54.6 Å². The number of anilines is 2. The van der Waals surface area contributed by atoms with Crippen LogP contribution >= 0.6 is 0 Å². The third-order valence-electron chi connectivity index (χ3n) is 5.55. The summed E-state index contributed by atoms with van der Waals surface area (Å²) in [5, 5.41) is 10.2. The molecule has 2 N–H and O–H groups in total. The average molecular weight is 399 g/mol. The average Bonchev–Trinajstić information content (AvgIpc) is 3.44. The molecule has 1 aliphatic rings. The monoisotopic (exact) mass is 399 g/mol. The maximum Gasteiger partial charge on any atom is 0.180 e. The Morgan fingerprint density at radius 2 is 1.97 bits per heavy atom. The molecule has 0 saturated carbocycles. The van der Waals surface area contributed by atoms with Gasteiger partial charge in [-0.05, 0) is 24.6 Å². The first-order chi connectivity index (χ1) is 14.7. The topological polar surface area (TPSA) is 83.4 Å². The summed E-state index contributed by atoms with van der Waals surface area (Å²) in [5.41, 5.74) is 5.14. The molecule has 1 aliphatic heterocycles. The van der Waals surface area contributed by atoms with Gasteiger partial charge in [0.25, 0.3) is 0 Å². The van der Waals surface area contributed by atoms with Crippen molar-refractivity contribution in [3.63, 3.8) is 0 Å². The molecule has 0 spiro atoms. The molecular formula is C21H22BN7O. The van der Waals surface area contributed by atoms with E-state index in [9.17, 15) is 0 Å². The lowest BCUT2D eigenvalue weighted by Gasteiger charge is -2.32. The van der Waals surface area contributed by atoms with E-state index in [2.05, 4.69) is 61.6 Å². The van der Waals surface area contributed by atoms with Crippen molar-refractivity contribution in [2.75, 3.05) is 31.6 Å². The summed E-state index contributed by atoms with van der Waals surface area (Å²) in [6.07, 6.45) is 7.13. The summed E-state index contributed by atoms with van der Waals surface area (Å²) in [5.74, 6) is 0.610. The van der Waals surface area contributed by atoms with Crippen LogP contribution in [0.5, 0.6) is 0 Å². The van der Waals surface area contributed by atoms with E-state index in [1.54, 1.807) is 18.6 Å². The highest BCUT2D eigenvalue weighted by Gasteiger charge is 2.18. The fraction of sp³-hybridized carbons (Fsp3) is 0.286. The van der Waals surface area contributed by atoms with Crippen molar-refractivity contribution in [1.29, 1.82) is 0 Å². The third kappa shape index (κ3) is 3.57. The lowest BCUT2D eigenvalue weighted by molar-refractivity contribution is 0.0198. The highest BCUT2D eigenvalue weighted by Crippen LogP contribution is 2.26. The van der Waals surface area contributed by atoms with Gasteiger partial charge in [-0.3, -0.25) is 14.4 Å². The molecule has 1 atom stereocenters. The Morgan fingerprint density at radius 1 is 1.17 bits per heavy atom. The van der Waals surface area contributed by atoms with Gasteiger partial charge in [0, 0.05) is 48.4 Å². The number of imidazole rings is 1. The quantitative estimate of drug-likeness (QED) is 0.500. The molecule has 30 heavy (non-hydrogen) atoms. The first-order valence-electron chi connectivity index (χ1n) is 10.0. The normalized spacial score (nSPS) is 16.0. The van der Waals surface area contributed by atoms with Crippen LogP contribution in [0.25, 0.3) is 16.9 Å². The fourth-order valence-electron chi connectivity index (χ4n) is 3.85. The molecular weight excluding hydrogens is 377 g/mol. The summed E-state index contributed by atoms with van der Waals surface area (Å²) in [6, 6.07) is 8.77. The fourth-order valence-corrected chi connectivity index (χ4v) is 3.85. The Hall–Kier alpha value is -3.17. The van der Waals surface area contributed by atoms with Gasteiger partial charge in [0.05, 0.1) is 31.3 Å². The Labute approximate surface area is 175 Å². The second-order valence-electron chi connectivity index (χ2n) is 7.41.